The number of likely N-dealkylation sites (tertiary alicyclic amines) is 2. The van der Waals surface area contributed by atoms with Crippen molar-refractivity contribution in [3.63, 3.8) is 0 Å². The van der Waals surface area contributed by atoms with Crippen LogP contribution in [0, 0.1) is 5.92 Å². The van der Waals surface area contributed by atoms with Gasteiger partial charge in [-0.25, -0.2) is 0 Å². The number of hydrogen-bond donors (Lipinski definition) is 0. The van der Waals surface area contributed by atoms with Crippen molar-refractivity contribution in [2.45, 2.75) is 64.8 Å². The van der Waals surface area contributed by atoms with Crippen molar-refractivity contribution in [2.75, 3.05) is 26.2 Å². The Bertz CT molecular complexity index is 839. The first-order chi connectivity index (χ1) is 14.4. The second kappa shape index (κ2) is 8.88. The molecule has 0 saturated carbocycles. The summed E-state index contributed by atoms with van der Waals surface area (Å²) in [6.07, 6.45) is 5.41. The van der Waals surface area contributed by atoms with Crippen LogP contribution in [0.2, 0.25) is 0 Å². The van der Waals surface area contributed by atoms with E-state index in [1.807, 2.05) is 0 Å². The van der Waals surface area contributed by atoms with E-state index in [4.69, 9.17) is 4.52 Å². The first kappa shape index (κ1) is 21.0. The Kier molecular flexibility index (Phi) is 6.23. The summed E-state index contributed by atoms with van der Waals surface area (Å²) in [4.78, 5) is 21.7. The second-order valence-corrected chi connectivity index (χ2v) is 9.78. The molecule has 0 unspecified atom stereocenters. The molecule has 2 aromatic rings. The minimum Gasteiger partial charge on any atom is -0.342 e. The molecule has 6 heteroatoms. The minimum absolute atomic E-state index is 0.127. The Labute approximate surface area is 179 Å². The molecule has 6 nitrogen and oxygen atoms in total. The van der Waals surface area contributed by atoms with Gasteiger partial charge < -0.3 is 9.42 Å². The lowest BCUT2D eigenvalue weighted by molar-refractivity contribution is -0.138. The number of amides is 1. The molecule has 2 fully saturated rings. The van der Waals surface area contributed by atoms with Crippen LogP contribution in [0.4, 0.5) is 0 Å². The van der Waals surface area contributed by atoms with Gasteiger partial charge in [0.05, 0.1) is 6.54 Å². The first-order valence-corrected chi connectivity index (χ1v) is 11.3. The average molecular weight is 411 g/mol. The molecule has 0 spiro atoms. The number of hydrogen-bond acceptors (Lipinski definition) is 5. The predicted octanol–water partition coefficient (Wildman–Crippen LogP) is 4.26. The fourth-order valence-electron chi connectivity index (χ4n) is 4.46. The highest BCUT2D eigenvalue weighted by atomic mass is 16.5. The van der Waals surface area contributed by atoms with Gasteiger partial charge in [0.15, 0.2) is 0 Å². The van der Waals surface area contributed by atoms with Gasteiger partial charge in [-0.2, -0.15) is 4.98 Å². The summed E-state index contributed by atoms with van der Waals surface area (Å²) in [5.74, 6) is 1.83. The maximum absolute atomic E-state index is 12.7. The molecule has 0 radical (unpaired) electrons. The Hall–Kier alpha value is -2.21. The highest BCUT2D eigenvalue weighted by Crippen LogP contribution is 2.26. The largest absolute Gasteiger partial charge is 0.342 e. The minimum atomic E-state index is 0.127. The van der Waals surface area contributed by atoms with Crippen LogP contribution in [0.5, 0.6) is 0 Å². The number of benzene rings is 1. The summed E-state index contributed by atoms with van der Waals surface area (Å²) in [5, 5.41) is 4.17. The monoisotopic (exact) mass is 410 g/mol. The van der Waals surface area contributed by atoms with Crippen LogP contribution in [0.25, 0.3) is 11.4 Å². The van der Waals surface area contributed by atoms with Gasteiger partial charge >= 0.3 is 0 Å². The molecular weight excluding hydrogens is 376 g/mol. The third-order valence-corrected chi connectivity index (χ3v) is 6.44. The van der Waals surface area contributed by atoms with E-state index in [2.05, 4.69) is 65.0 Å². The van der Waals surface area contributed by atoms with Crippen LogP contribution in [0.15, 0.2) is 28.8 Å². The van der Waals surface area contributed by atoms with E-state index in [0.717, 1.165) is 57.4 Å². The molecule has 0 bridgehead atoms. The molecule has 1 aromatic heterocycles. The lowest BCUT2D eigenvalue weighted by Gasteiger charge is -2.35. The lowest BCUT2D eigenvalue weighted by atomic mass is 9.87. The molecule has 2 aliphatic rings. The predicted molar refractivity (Wildman–Crippen MR) is 117 cm³/mol. The molecule has 2 saturated heterocycles. The van der Waals surface area contributed by atoms with E-state index in [-0.39, 0.29) is 11.3 Å². The zero-order valence-corrected chi connectivity index (χ0v) is 18.6. The highest BCUT2D eigenvalue weighted by molar-refractivity contribution is 5.79. The van der Waals surface area contributed by atoms with Crippen molar-refractivity contribution in [3.8, 4) is 11.4 Å². The second-order valence-electron chi connectivity index (χ2n) is 9.78. The number of carbonyl (C=O) groups excluding carboxylic acids is 1. The Morgan fingerprint density at radius 1 is 1.03 bits per heavy atom. The fourth-order valence-corrected chi connectivity index (χ4v) is 4.46. The third kappa shape index (κ3) is 4.91. The van der Waals surface area contributed by atoms with Crippen LogP contribution in [-0.4, -0.2) is 52.0 Å². The third-order valence-electron chi connectivity index (χ3n) is 6.44. The summed E-state index contributed by atoms with van der Waals surface area (Å²) in [5.41, 5.74) is 2.39. The fraction of sp³-hybridized carbons (Fsp3) is 0.625. The van der Waals surface area contributed by atoms with Gasteiger partial charge in [-0.3, -0.25) is 9.69 Å². The van der Waals surface area contributed by atoms with Crippen molar-refractivity contribution < 1.29 is 9.32 Å². The van der Waals surface area contributed by atoms with Crippen molar-refractivity contribution >= 4 is 5.91 Å². The Balaban J connectivity index is 1.30. The summed E-state index contributed by atoms with van der Waals surface area (Å²) in [6, 6.07) is 8.39. The normalized spacial score (nSPS) is 19.2. The number of carbonyl (C=O) groups is 1. The lowest BCUT2D eigenvalue weighted by Crippen LogP contribution is -2.44. The number of aromatic nitrogens is 2. The van der Waals surface area contributed by atoms with Crippen molar-refractivity contribution in [2.24, 2.45) is 5.92 Å². The van der Waals surface area contributed by atoms with E-state index in [9.17, 15) is 4.79 Å². The standard InChI is InChI=1S/C24H34N4O2/c1-24(2,3)20-9-7-18(8-10-20)22-25-21(30-26-22)17-27-15-11-19(12-16-27)23(29)28-13-5-4-6-14-28/h7-10,19H,4-6,11-17H2,1-3H3. The maximum Gasteiger partial charge on any atom is 0.241 e. The van der Waals surface area contributed by atoms with Crippen molar-refractivity contribution in [1.82, 2.24) is 19.9 Å². The molecule has 1 amide bonds. The van der Waals surface area contributed by atoms with Crippen LogP contribution in [0.1, 0.15) is 64.3 Å². The molecular formula is C24H34N4O2. The van der Waals surface area contributed by atoms with E-state index in [1.165, 1.54) is 12.0 Å². The SMILES string of the molecule is CC(C)(C)c1ccc(-c2noc(CN3CCC(C(=O)N4CCCCC4)CC3)n2)cc1. The molecule has 0 atom stereocenters. The van der Waals surface area contributed by atoms with Gasteiger partial charge in [0, 0.05) is 24.6 Å². The molecule has 2 aliphatic heterocycles. The van der Waals surface area contributed by atoms with Gasteiger partial charge in [-0.1, -0.05) is 50.2 Å². The molecule has 162 valence electrons. The van der Waals surface area contributed by atoms with Crippen LogP contribution in [-0.2, 0) is 16.8 Å². The van der Waals surface area contributed by atoms with Gasteiger partial charge in [0.25, 0.3) is 0 Å². The zero-order valence-electron chi connectivity index (χ0n) is 18.6. The van der Waals surface area contributed by atoms with Crippen molar-refractivity contribution in [1.29, 1.82) is 0 Å². The van der Waals surface area contributed by atoms with Gasteiger partial charge in [0.2, 0.25) is 17.6 Å². The topological polar surface area (TPSA) is 62.5 Å². The van der Waals surface area contributed by atoms with Gasteiger partial charge in [-0.15, -0.1) is 0 Å². The van der Waals surface area contributed by atoms with E-state index in [1.54, 1.807) is 0 Å². The average Bonchev–Trinajstić information content (AvgIpc) is 3.22. The smallest absolute Gasteiger partial charge is 0.241 e. The zero-order chi connectivity index (χ0) is 21.1. The Morgan fingerprint density at radius 2 is 1.70 bits per heavy atom. The Morgan fingerprint density at radius 3 is 2.33 bits per heavy atom. The molecule has 1 aromatic carbocycles. The van der Waals surface area contributed by atoms with Gasteiger partial charge in [0.1, 0.15) is 0 Å². The van der Waals surface area contributed by atoms with Crippen LogP contribution in [0.3, 0.4) is 0 Å². The van der Waals surface area contributed by atoms with Crippen LogP contribution >= 0.6 is 0 Å². The summed E-state index contributed by atoms with van der Waals surface area (Å²) < 4.78 is 5.51. The summed E-state index contributed by atoms with van der Waals surface area (Å²) in [6.45, 7) is 11.0. The number of piperidine rings is 2. The highest BCUT2D eigenvalue weighted by Gasteiger charge is 2.29. The number of rotatable bonds is 4. The summed E-state index contributed by atoms with van der Waals surface area (Å²) >= 11 is 0. The van der Waals surface area contributed by atoms with E-state index in [0.29, 0.717) is 24.2 Å². The molecule has 4 rings (SSSR count). The first-order valence-electron chi connectivity index (χ1n) is 11.3. The van der Waals surface area contributed by atoms with Crippen molar-refractivity contribution in [3.05, 3.63) is 35.7 Å². The molecule has 3 heterocycles. The number of nitrogens with zero attached hydrogens (tertiary/aromatic N) is 4. The molecule has 0 N–H and O–H groups in total. The quantitative estimate of drug-likeness (QED) is 0.754. The van der Waals surface area contributed by atoms with E-state index >= 15 is 0 Å². The van der Waals surface area contributed by atoms with E-state index < -0.39 is 0 Å². The van der Waals surface area contributed by atoms with Crippen LogP contribution < -0.4 is 0 Å². The van der Waals surface area contributed by atoms with Gasteiger partial charge in [-0.05, 0) is 56.2 Å². The molecule has 0 aliphatic carbocycles. The molecule has 30 heavy (non-hydrogen) atoms. The summed E-state index contributed by atoms with van der Waals surface area (Å²) in [7, 11) is 0. The maximum atomic E-state index is 12.7.